The van der Waals surface area contributed by atoms with Crippen molar-refractivity contribution in [1.29, 1.82) is 0 Å². The molecule has 0 atom stereocenters. The van der Waals surface area contributed by atoms with E-state index < -0.39 is 0 Å². The molecule has 0 fully saturated rings. The number of rotatable bonds is 6. The molecule has 0 bridgehead atoms. The molecule has 0 unspecified atom stereocenters. The van der Waals surface area contributed by atoms with Crippen LogP contribution in [0.15, 0.2) is 46.4 Å². The Hall–Kier alpha value is -0.930. The van der Waals surface area contributed by atoms with Gasteiger partial charge in [0.25, 0.3) is 0 Å². The van der Waals surface area contributed by atoms with Crippen LogP contribution in [0.4, 0.5) is 0 Å². The van der Waals surface area contributed by atoms with E-state index in [1.165, 1.54) is 25.7 Å². The SMILES string of the molecule is Cl.Clc1ccc(Cl)c(-c2ccc(CNCCC3=CCCCC3)o2)c1. The van der Waals surface area contributed by atoms with Crippen molar-refractivity contribution in [3.05, 3.63) is 57.8 Å². The van der Waals surface area contributed by atoms with Crippen LogP contribution >= 0.6 is 35.6 Å². The smallest absolute Gasteiger partial charge is 0.135 e. The Labute approximate surface area is 159 Å². The highest BCUT2D eigenvalue weighted by Crippen LogP contribution is 2.31. The van der Waals surface area contributed by atoms with Crippen LogP contribution in [0.2, 0.25) is 10.0 Å². The molecule has 1 aliphatic rings. The predicted octanol–water partition coefficient (Wildman–Crippen LogP) is 6.66. The zero-order chi connectivity index (χ0) is 16.1. The van der Waals surface area contributed by atoms with Crippen molar-refractivity contribution in [1.82, 2.24) is 5.32 Å². The van der Waals surface area contributed by atoms with Crippen molar-refractivity contribution >= 4 is 35.6 Å². The van der Waals surface area contributed by atoms with E-state index in [0.29, 0.717) is 10.0 Å². The second-order valence-electron chi connectivity index (χ2n) is 5.93. The van der Waals surface area contributed by atoms with Gasteiger partial charge >= 0.3 is 0 Å². The van der Waals surface area contributed by atoms with Crippen LogP contribution < -0.4 is 5.32 Å². The van der Waals surface area contributed by atoms with Crippen LogP contribution in [0.1, 0.15) is 37.9 Å². The highest BCUT2D eigenvalue weighted by molar-refractivity contribution is 6.35. The minimum atomic E-state index is 0. The number of nitrogens with one attached hydrogen (secondary N) is 1. The van der Waals surface area contributed by atoms with E-state index in [0.717, 1.165) is 36.6 Å². The zero-order valence-corrected chi connectivity index (χ0v) is 15.8. The third-order valence-corrected chi connectivity index (χ3v) is 4.73. The molecule has 1 aliphatic carbocycles. The number of furan rings is 1. The first-order valence-corrected chi connectivity index (χ1v) is 8.91. The number of hydrogen-bond acceptors (Lipinski definition) is 2. The van der Waals surface area contributed by atoms with E-state index in [9.17, 15) is 0 Å². The number of halogens is 3. The minimum Gasteiger partial charge on any atom is -0.460 e. The van der Waals surface area contributed by atoms with Crippen molar-refractivity contribution in [2.75, 3.05) is 6.54 Å². The molecule has 0 amide bonds. The van der Waals surface area contributed by atoms with Crippen LogP contribution in [-0.4, -0.2) is 6.54 Å². The maximum Gasteiger partial charge on any atom is 0.135 e. The molecular formula is C19H22Cl3NO. The highest BCUT2D eigenvalue weighted by atomic mass is 35.5. The molecule has 3 rings (SSSR count). The van der Waals surface area contributed by atoms with Gasteiger partial charge in [0.1, 0.15) is 11.5 Å². The molecule has 24 heavy (non-hydrogen) atoms. The molecule has 2 nitrogen and oxygen atoms in total. The highest BCUT2D eigenvalue weighted by Gasteiger charge is 2.09. The molecule has 1 aromatic carbocycles. The Morgan fingerprint density at radius 3 is 2.75 bits per heavy atom. The standard InChI is InChI=1S/C19H21Cl2NO.ClH/c20-15-6-8-18(21)17(12-15)19-9-7-16(23-19)13-22-11-10-14-4-2-1-3-5-14;/h4,6-9,12,22H,1-3,5,10-11,13H2;1H. The van der Waals surface area contributed by atoms with Crippen molar-refractivity contribution in [3.63, 3.8) is 0 Å². The molecule has 0 radical (unpaired) electrons. The lowest BCUT2D eigenvalue weighted by molar-refractivity contribution is 0.493. The fourth-order valence-electron chi connectivity index (χ4n) is 2.90. The van der Waals surface area contributed by atoms with Crippen molar-refractivity contribution in [2.24, 2.45) is 0 Å². The lowest BCUT2D eigenvalue weighted by atomic mass is 9.97. The predicted molar refractivity (Wildman–Crippen MR) is 104 cm³/mol. The topological polar surface area (TPSA) is 25.2 Å². The summed E-state index contributed by atoms with van der Waals surface area (Å²) in [4.78, 5) is 0. The molecule has 1 N–H and O–H groups in total. The summed E-state index contributed by atoms with van der Waals surface area (Å²) in [5.74, 6) is 1.66. The van der Waals surface area contributed by atoms with Gasteiger partial charge in [-0.25, -0.2) is 0 Å². The maximum absolute atomic E-state index is 6.21. The van der Waals surface area contributed by atoms with E-state index in [1.807, 2.05) is 18.2 Å². The quantitative estimate of drug-likeness (QED) is 0.444. The van der Waals surface area contributed by atoms with Gasteiger partial charge in [0.05, 0.1) is 11.6 Å². The van der Waals surface area contributed by atoms with E-state index >= 15 is 0 Å². The van der Waals surface area contributed by atoms with E-state index in [-0.39, 0.29) is 12.4 Å². The Bertz CT molecular complexity index is 694. The summed E-state index contributed by atoms with van der Waals surface area (Å²) >= 11 is 12.2. The van der Waals surface area contributed by atoms with Gasteiger partial charge in [-0.1, -0.05) is 34.9 Å². The Balaban J connectivity index is 0.00000208. The molecule has 2 aromatic rings. The van der Waals surface area contributed by atoms with Gasteiger partial charge < -0.3 is 9.73 Å². The number of hydrogen-bond donors (Lipinski definition) is 1. The molecule has 1 aromatic heterocycles. The number of allylic oxidation sites excluding steroid dienone is 1. The van der Waals surface area contributed by atoms with Crippen molar-refractivity contribution < 1.29 is 4.42 Å². The van der Waals surface area contributed by atoms with E-state index in [4.69, 9.17) is 27.6 Å². The van der Waals surface area contributed by atoms with Gasteiger partial charge in [0, 0.05) is 10.6 Å². The molecule has 0 spiro atoms. The third-order valence-electron chi connectivity index (χ3n) is 4.16. The summed E-state index contributed by atoms with van der Waals surface area (Å²) in [6.45, 7) is 1.71. The second-order valence-corrected chi connectivity index (χ2v) is 6.77. The van der Waals surface area contributed by atoms with Gasteiger partial charge in [-0.3, -0.25) is 0 Å². The lowest BCUT2D eigenvalue weighted by Gasteiger charge is -2.12. The fraction of sp³-hybridized carbons (Fsp3) is 0.368. The molecular weight excluding hydrogens is 365 g/mol. The first kappa shape index (κ1) is 19.4. The Morgan fingerprint density at radius 1 is 1.08 bits per heavy atom. The molecule has 0 saturated carbocycles. The van der Waals surface area contributed by atoms with Gasteiger partial charge in [-0.05, 0) is 69.0 Å². The van der Waals surface area contributed by atoms with Crippen LogP contribution in [-0.2, 0) is 6.54 Å². The average Bonchev–Trinajstić information content (AvgIpc) is 3.03. The largest absolute Gasteiger partial charge is 0.460 e. The van der Waals surface area contributed by atoms with Crippen LogP contribution in [0.3, 0.4) is 0 Å². The first-order chi connectivity index (χ1) is 11.2. The Kier molecular flexibility index (Phi) is 7.70. The minimum absolute atomic E-state index is 0. The summed E-state index contributed by atoms with van der Waals surface area (Å²) in [6.07, 6.45) is 8.73. The van der Waals surface area contributed by atoms with Crippen molar-refractivity contribution in [3.8, 4) is 11.3 Å². The summed E-state index contributed by atoms with van der Waals surface area (Å²) < 4.78 is 5.88. The molecule has 0 aliphatic heterocycles. The first-order valence-electron chi connectivity index (χ1n) is 8.15. The normalized spacial score (nSPS) is 14.2. The van der Waals surface area contributed by atoms with Crippen LogP contribution in [0.5, 0.6) is 0 Å². The van der Waals surface area contributed by atoms with E-state index in [1.54, 1.807) is 17.7 Å². The second kappa shape index (κ2) is 9.53. The van der Waals surface area contributed by atoms with Crippen LogP contribution in [0.25, 0.3) is 11.3 Å². The third kappa shape index (κ3) is 5.29. The summed E-state index contributed by atoms with van der Waals surface area (Å²) in [7, 11) is 0. The number of benzene rings is 1. The van der Waals surface area contributed by atoms with Gasteiger partial charge in [-0.2, -0.15) is 0 Å². The van der Waals surface area contributed by atoms with E-state index in [2.05, 4.69) is 11.4 Å². The monoisotopic (exact) mass is 385 g/mol. The average molecular weight is 387 g/mol. The van der Waals surface area contributed by atoms with Gasteiger partial charge in [-0.15, -0.1) is 12.4 Å². The molecule has 1 heterocycles. The molecule has 130 valence electrons. The van der Waals surface area contributed by atoms with Gasteiger partial charge in [0.2, 0.25) is 0 Å². The summed E-state index contributed by atoms with van der Waals surface area (Å²) in [5, 5.41) is 4.75. The van der Waals surface area contributed by atoms with Gasteiger partial charge in [0.15, 0.2) is 0 Å². The summed E-state index contributed by atoms with van der Waals surface area (Å²) in [6, 6.07) is 9.32. The maximum atomic E-state index is 6.21. The lowest BCUT2D eigenvalue weighted by Crippen LogP contribution is -2.15. The molecule has 5 heteroatoms. The van der Waals surface area contributed by atoms with Crippen LogP contribution in [0, 0.1) is 0 Å². The zero-order valence-electron chi connectivity index (χ0n) is 13.5. The summed E-state index contributed by atoms with van der Waals surface area (Å²) in [5.41, 5.74) is 2.42. The fourth-order valence-corrected chi connectivity index (χ4v) is 3.28. The van der Waals surface area contributed by atoms with Crippen molar-refractivity contribution in [2.45, 2.75) is 38.6 Å². The molecule has 0 saturated heterocycles. The Morgan fingerprint density at radius 2 is 1.96 bits per heavy atom.